The number of benzene rings is 4. The average molecular weight is 906 g/mol. The number of ether oxygens (including phenoxy) is 3. The van der Waals surface area contributed by atoms with Gasteiger partial charge in [0.1, 0.15) is 42.4 Å². The number of fused-ring (bicyclic) bond motifs is 2. The van der Waals surface area contributed by atoms with Gasteiger partial charge in [0.05, 0.1) is 23.2 Å². The van der Waals surface area contributed by atoms with Crippen LogP contribution in [0.5, 0.6) is 11.5 Å². The molecule has 0 spiro atoms. The summed E-state index contributed by atoms with van der Waals surface area (Å²) >= 11 is 0. The summed E-state index contributed by atoms with van der Waals surface area (Å²) in [7, 11) is 0. The molecule has 4 aromatic carbocycles. The number of oxime groups is 1. The molecular weight excluding hydrogens is 849 g/mol. The Bertz CT molecular complexity index is 2410. The first kappa shape index (κ1) is 47.7. The predicted octanol–water partition coefficient (Wildman–Crippen LogP) is 9.85. The lowest BCUT2D eigenvalue weighted by Gasteiger charge is -2.60. The second-order valence-corrected chi connectivity index (χ2v) is 16.8. The maximum atomic E-state index is 15.0. The van der Waals surface area contributed by atoms with E-state index in [1.165, 1.54) is 36.4 Å². The van der Waals surface area contributed by atoms with Crippen molar-refractivity contribution in [2.75, 3.05) is 26.4 Å². The monoisotopic (exact) mass is 905 g/mol. The number of carbonyl (C=O) groups is 1. The van der Waals surface area contributed by atoms with Gasteiger partial charge in [-0.3, -0.25) is 14.9 Å². The van der Waals surface area contributed by atoms with Gasteiger partial charge in [-0.05, 0) is 116 Å². The van der Waals surface area contributed by atoms with Crippen molar-refractivity contribution < 1.29 is 47.8 Å². The number of rotatable bonds is 22. The molecule has 0 radical (unpaired) electrons. The number of non-ortho nitro benzene ring substituents is 1. The van der Waals surface area contributed by atoms with E-state index in [1.807, 2.05) is 19.1 Å². The van der Waals surface area contributed by atoms with Gasteiger partial charge in [-0.15, -0.1) is 6.58 Å². The van der Waals surface area contributed by atoms with Crippen LogP contribution in [0.1, 0.15) is 80.0 Å². The quantitative estimate of drug-likeness (QED) is 0.0258. The van der Waals surface area contributed by atoms with Crippen LogP contribution in [-0.4, -0.2) is 69.9 Å². The molecule has 1 saturated carbocycles. The van der Waals surface area contributed by atoms with E-state index in [1.54, 1.807) is 65.6 Å². The molecule has 3 aliphatic rings. The Balaban J connectivity index is 1.43. The Morgan fingerprint density at radius 1 is 1.00 bits per heavy atom. The van der Waals surface area contributed by atoms with Crippen molar-refractivity contribution in [1.82, 2.24) is 4.90 Å². The Kier molecular flexibility index (Phi) is 16.1. The van der Waals surface area contributed by atoms with Crippen molar-refractivity contribution in [3.63, 3.8) is 0 Å². The summed E-state index contributed by atoms with van der Waals surface area (Å²) in [6, 6.07) is 22.9. The van der Waals surface area contributed by atoms with E-state index in [0.29, 0.717) is 53.2 Å². The highest BCUT2D eigenvalue weighted by Crippen LogP contribution is 2.62. The summed E-state index contributed by atoms with van der Waals surface area (Å²) in [5, 5.41) is 36.0. The SMILES string of the molecule is C=CCO[C@@]12Oc3ccc(OCc4ccccc4F)cc3[C@H]3[C@H](CCCCO)[C@@H](CCCCO)C=C(C(=NOCC)C[C@@H]1N(Cc1ccc(F)cc1)C(=O)C=Cc1ccc([N+](=O)[O-])cc1)[C@H]32. The van der Waals surface area contributed by atoms with Crippen molar-refractivity contribution in [2.24, 2.45) is 22.9 Å². The Morgan fingerprint density at radius 2 is 1.74 bits per heavy atom. The number of carbonyl (C=O) groups excluding carboxylic acids is 1. The first-order chi connectivity index (χ1) is 32.1. The smallest absolute Gasteiger partial charge is 0.269 e. The van der Waals surface area contributed by atoms with Crippen molar-refractivity contribution in [2.45, 2.75) is 82.8 Å². The van der Waals surface area contributed by atoms with E-state index in [9.17, 15) is 29.1 Å². The van der Waals surface area contributed by atoms with Crippen molar-refractivity contribution >= 4 is 23.4 Å². The van der Waals surface area contributed by atoms with Crippen LogP contribution >= 0.6 is 0 Å². The highest BCUT2D eigenvalue weighted by Gasteiger charge is 2.65. The van der Waals surface area contributed by atoms with Gasteiger partial charge in [0.15, 0.2) is 0 Å². The van der Waals surface area contributed by atoms with Gasteiger partial charge in [-0.1, -0.05) is 60.5 Å². The lowest BCUT2D eigenvalue weighted by Crippen LogP contribution is -2.70. The fourth-order valence-corrected chi connectivity index (χ4v) is 9.76. The zero-order chi connectivity index (χ0) is 46.6. The number of nitrogens with zero attached hydrogens (tertiary/aromatic N) is 3. The standard InChI is InChI=1S/C52H57F2N3O9/c1-3-29-64-52-48(56(33-36-15-20-39(53)21-16-36)49(60)26-19-35-17-22-40(23-18-35)57(61)62)32-46(55-65-4-2)43-30-37(11-7-9-27-58)42(13-8-10-28-59)50(51(43)52)44-31-41(24-25-47(44)66-52)63-34-38-12-5-6-14-45(38)54/h3,5-6,12,14-26,30-31,37,42,48,50-51,58-59H,1,4,7-11,13,27-29,32-34H2,2H3/t37-,42+,48-,50+,51+,52+/m0/s1. The van der Waals surface area contributed by atoms with E-state index < -0.39 is 34.4 Å². The van der Waals surface area contributed by atoms with Gasteiger partial charge in [0, 0.05) is 61.4 Å². The molecule has 1 aliphatic heterocycles. The van der Waals surface area contributed by atoms with Crippen LogP contribution in [0.4, 0.5) is 14.5 Å². The summed E-state index contributed by atoms with van der Waals surface area (Å²) in [5.41, 5.74) is 3.79. The molecule has 4 aromatic rings. The molecule has 2 aliphatic carbocycles. The Morgan fingerprint density at radius 3 is 2.44 bits per heavy atom. The van der Waals surface area contributed by atoms with Crippen molar-refractivity contribution in [1.29, 1.82) is 0 Å². The molecule has 0 saturated heterocycles. The molecule has 2 N–H and O–H groups in total. The van der Waals surface area contributed by atoms with Crippen molar-refractivity contribution in [3.05, 3.63) is 165 Å². The van der Waals surface area contributed by atoms with E-state index in [-0.39, 0.29) is 75.3 Å². The predicted molar refractivity (Wildman–Crippen MR) is 246 cm³/mol. The number of allylic oxidation sites excluding steroid dienone is 1. The third kappa shape index (κ3) is 10.7. The maximum Gasteiger partial charge on any atom is 0.269 e. The molecule has 348 valence electrons. The Labute approximate surface area is 384 Å². The number of amides is 1. The minimum Gasteiger partial charge on any atom is -0.489 e. The van der Waals surface area contributed by atoms with E-state index >= 15 is 4.79 Å². The van der Waals surface area contributed by atoms with E-state index in [4.69, 9.17) is 24.2 Å². The molecule has 0 aromatic heterocycles. The van der Waals surface area contributed by atoms with Gasteiger partial charge in [0.25, 0.3) is 5.69 Å². The third-order valence-electron chi connectivity index (χ3n) is 12.7. The Hall–Kier alpha value is -6.22. The fraction of sp³-hybridized carbons (Fsp3) is 0.385. The van der Waals surface area contributed by atoms with Gasteiger partial charge in [-0.2, -0.15) is 0 Å². The molecule has 66 heavy (non-hydrogen) atoms. The van der Waals surface area contributed by atoms with Crippen LogP contribution in [0, 0.1) is 39.5 Å². The highest BCUT2D eigenvalue weighted by atomic mass is 19.1. The van der Waals surface area contributed by atoms with Crippen LogP contribution in [0.15, 0.2) is 127 Å². The maximum absolute atomic E-state index is 15.0. The molecule has 1 heterocycles. The minimum atomic E-state index is -1.58. The number of nitro groups is 1. The summed E-state index contributed by atoms with van der Waals surface area (Å²) in [6.07, 6.45) is 11.1. The number of halogens is 2. The lowest BCUT2D eigenvalue weighted by atomic mass is 9.55. The molecule has 12 nitrogen and oxygen atoms in total. The third-order valence-corrected chi connectivity index (χ3v) is 12.7. The number of hydrogen-bond donors (Lipinski definition) is 2. The van der Waals surface area contributed by atoms with Gasteiger partial charge < -0.3 is 34.2 Å². The molecular formula is C52H57F2N3O9. The highest BCUT2D eigenvalue weighted by molar-refractivity contribution is 6.03. The molecule has 6 atom stereocenters. The van der Waals surface area contributed by atoms with Crippen LogP contribution in [-0.2, 0) is 27.5 Å². The lowest BCUT2D eigenvalue weighted by molar-refractivity contribution is -0.384. The normalized spacial score (nSPS) is 22.5. The number of nitro benzene ring substituents is 1. The van der Waals surface area contributed by atoms with Gasteiger partial charge in [0.2, 0.25) is 11.7 Å². The molecule has 1 amide bonds. The van der Waals surface area contributed by atoms with E-state index in [2.05, 4.69) is 12.7 Å². The molecule has 0 bridgehead atoms. The largest absolute Gasteiger partial charge is 0.489 e. The second kappa shape index (κ2) is 22.3. The summed E-state index contributed by atoms with van der Waals surface area (Å²) in [5.74, 6) is -2.85. The zero-order valence-corrected chi connectivity index (χ0v) is 37.1. The van der Waals surface area contributed by atoms with Gasteiger partial charge in [-0.25, -0.2) is 8.78 Å². The topological polar surface area (TPSA) is 153 Å². The number of unbranched alkanes of at least 4 members (excludes halogenated alkanes) is 2. The second-order valence-electron chi connectivity index (χ2n) is 16.8. The average Bonchev–Trinajstić information content (AvgIpc) is 3.32. The first-order valence-corrected chi connectivity index (χ1v) is 22.6. The van der Waals surface area contributed by atoms with E-state index in [0.717, 1.165) is 30.4 Å². The summed E-state index contributed by atoms with van der Waals surface area (Å²) in [6.45, 7) is 6.23. The minimum absolute atomic E-state index is 0.00861. The first-order valence-electron chi connectivity index (χ1n) is 22.6. The molecule has 1 fully saturated rings. The van der Waals surface area contributed by atoms with Crippen LogP contribution in [0.25, 0.3) is 6.08 Å². The van der Waals surface area contributed by atoms with Gasteiger partial charge >= 0.3 is 0 Å². The number of hydrogen-bond acceptors (Lipinski definition) is 10. The molecule has 7 rings (SSSR count). The van der Waals surface area contributed by atoms with Crippen molar-refractivity contribution in [3.8, 4) is 11.5 Å². The zero-order valence-electron chi connectivity index (χ0n) is 37.1. The summed E-state index contributed by atoms with van der Waals surface area (Å²) in [4.78, 5) is 33.4. The van der Waals surface area contributed by atoms with Crippen LogP contribution in [0.2, 0.25) is 0 Å². The van der Waals surface area contributed by atoms with Crippen LogP contribution in [0.3, 0.4) is 0 Å². The summed E-state index contributed by atoms with van der Waals surface area (Å²) < 4.78 is 49.8. The molecule has 14 heteroatoms. The number of aliphatic hydroxyl groups is 2. The van der Waals surface area contributed by atoms with Crippen LogP contribution < -0.4 is 9.47 Å². The molecule has 0 unspecified atom stereocenters. The fourth-order valence-electron chi connectivity index (χ4n) is 9.76. The number of aliphatic hydroxyl groups excluding tert-OH is 2.